The van der Waals surface area contributed by atoms with Crippen molar-refractivity contribution in [2.24, 2.45) is 0 Å². The number of H-pyrrole nitrogens is 1. The van der Waals surface area contributed by atoms with Gasteiger partial charge >= 0.3 is 0 Å². The van der Waals surface area contributed by atoms with Crippen molar-refractivity contribution in [1.82, 2.24) is 14.6 Å². The van der Waals surface area contributed by atoms with Gasteiger partial charge in [-0.2, -0.15) is 0 Å². The van der Waals surface area contributed by atoms with Gasteiger partial charge < -0.3 is 10.3 Å². The van der Waals surface area contributed by atoms with Crippen LogP contribution in [-0.2, 0) is 10.0 Å². The molecule has 0 atom stereocenters. The molecule has 1 amide bonds. The van der Waals surface area contributed by atoms with E-state index < -0.39 is 10.0 Å². The van der Waals surface area contributed by atoms with Crippen LogP contribution in [-0.4, -0.2) is 48.5 Å². The fourth-order valence-corrected chi connectivity index (χ4v) is 4.30. The SMILES string of the molecule is CCCS(=O)(=O)N1CCC(NC(=O)c2ccc[nH]c2=S)CC1. The maximum Gasteiger partial charge on any atom is 0.254 e. The number of aromatic nitrogens is 1. The van der Waals surface area contributed by atoms with E-state index in [2.05, 4.69) is 10.3 Å². The fraction of sp³-hybridized carbons (Fsp3) is 0.571. The van der Waals surface area contributed by atoms with Gasteiger partial charge in [0.25, 0.3) is 5.91 Å². The molecule has 122 valence electrons. The third-order valence-electron chi connectivity index (χ3n) is 3.71. The monoisotopic (exact) mass is 343 g/mol. The molecule has 0 bridgehead atoms. The first kappa shape index (κ1) is 17.1. The minimum absolute atomic E-state index is 0.0183. The van der Waals surface area contributed by atoms with Crippen molar-refractivity contribution in [2.45, 2.75) is 32.2 Å². The average molecular weight is 343 g/mol. The van der Waals surface area contributed by atoms with Gasteiger partial charge in [-0.1, -0.05) is 19.1 Å². The second-order valence-corrected chi connectivity index (χ2v) is 7.87. The zero-order chi connectivity index (χ0) is 16.2. The van der Waals surface area contributed by atoms with Crippen molar-refractivity contribution >= 4 is 28.1 Å². The van der Waals surface area contributed by atoms with Gasteiger partial charge in [-0.15, -0.1) is 0 Å². The summed E-state index contributed by atoms with van der Waals surface area (Å²) in [6.45, 7) is 2.76. The van der Waals surface area contributed by atoms with E-state index in [0.29, 0.717) is 42.6 Å². The van der Waals surface area contributed by atoms with Gasteiger partial charge in [0.15, 0.2) is 0 Å². The maximum atomic E-state index is 12.2. The normalized spacial score (nSPS) is 17.3. The lowest BCUT2D eigenvalue weighted by molar-refractivity contribution is 0.0923. The summed E-state index contributed by atoms with van der Waals surface area (Å²) in [4.78, 5) is 15.0. The number of hydrogen-bond acceptors (Lipinski definition) is 4. The molecule has 0 spiro atoms. The number of nitrogens with zero attached hydrogens (tertiary/aromatic N) is 1. The van der Waals surface area contributed by atoms with Crippen molar-refractivity contribution in [3.8, 4) is 0 Å². The van der Waals surface area contributed by atoms with E-state index in [1.54, 1.807) is 18.3 Å². The summed E-state index contributed by atoms with van der Waals surface area (Å²) in [7, 11) is -3.15. The molecule has 8 heteroatoms. The third kappa shape index (κ3) is 4.15. The van der Waals surface area contributed by atoms with Gasteiger partial charge in [0, 0.05) is 25.3 Å². The Balaban J connectivity index is 1.92. The number of sulfonamides is 1. The van der Waals surface area contributed by atoms with Gasteiger partial charge in [0.2, 0.25) is 10.0 Å². The number of hydrogen-bond donors (Lipinski definition) is 2. The Bertz CT molecular complexity index is 677. The van der Waals surface area contributed by atoms with Crippen molar-refractivity contribution in [2.75, 3.05) is 18.8 Å². The van der Waals surface area contributed by atoms with Gasteiger partial charge in [-0.05, 0) is 31.4 Å². The molecule has 0 radical (unpaired) electrons. The van der Waals surface area contributed by atoms with Crippen LogP contribution in [0.2, 0.25) is 0 Å². The number of rotatable bonds is 5. The predicted molar refractivity (Wildman–Crippen MR) is 87.8 cm³/mol. The lowest BCUT2D eigenvalue weighted by atomic mass is 10.1. The highest BCUT2D eigenvalue weighted by molar-refractivity contribution is 7.89. The number of nitrogens with one attached hydrogen (secondary N) is 2. The summed E-state index contributed by atoms with van der Waals surface area (Å²) < 4.78 is 25.9. The van der Waals surface area contributed by atoms with Crippen LogP contribution in [0.25, 0.3) is 0 Å². The van der Waals surface area contributed by atoms with Crippen LogP contribution in [0.5, 0.6) is 0 Å². The van der Waals surface area contributed by atoms with Crippen LogP contribution in [0.15, 0.2) is 18.3 Å². The fourth-order valence-electron chi connectivity index (χ4n) is 2.53. The molecule has 1 saturated heterocycles. The summed E-state index contributed by atoms with van der Waals surface area (Å²) in [6, 6.07) is 3.38. The van der Waals surface area contributed by atoms with Gasteiger partial charge in [0.05, 0.1) is 11.3 Å². The molecule has 0 aliphatic carbocycles. The van der Waals surface area contributed by atoms with Crippen LogP contribution in [0.4, 0.5) is 0 Å². The zero-order valence-electron chi connectivity index (χ0n) is 12.5. The number of piperidine rings is 1. The van der Waals surface area contributed by atoms with Crippen molar-refractivity contribution < 1.29 is 13.2 Å². The zero-order valence-corrected chi connectivity index (χ0v) is 14.2. The van der Waals surface area contributed by atoms with Crippen LogP contribution in [0, 0.1) is 4.64 Å². The van der Waals surface area contributed by atoms with Crippen LogP contribution >= 0.6 is 12.2 Å². The second kappa shape index (κ2) is 7.34. The molecule has 2 rings (SSSR count). The van der Waals surface area contributed by atoms with Crippen LogP contribution < -0.4 is 5.32 Å². The van der Waals surface area contributed by atoms with E-state index in [-0.39, 0.29) is 17.7 Å². The number of carbonyl (C=O) groups excluding carboxylic acids is 1. The molecule has 2 heterocycles. The minimum Gasteiger partial charge on any atom is -0.352 e. The van der Waals surface area contributed by atoms with Gasteiger partial charge in [0.1, 0.15) is 4.64 Å². The van der Waals surface area contributed by atoms with Gasteiger partial charge in [-0.25, -0.2) is 12.7 Å². The summed E-state index contributed by atoms with van der Waals surface area (Å²) in [5.41, 5.74) is 0.443. The Kier molecular flexibility index (Phi) is 5.71. The standard InChI is InChI=1S/C14H21N3O3S2/c1-2-10-22(19,20)17-8-5-11(6-9-17)16-13(18)12-4-3-7-15-14(12)21/h3-4,7,11H,2,5-6,8-10H2,1H3,(H,15,21)(H,16,18). The molecule has 0 aromatic carbocycles. The first-order valence-electron chi connectivity index (χ1n) is 7.40. The average Bonchev–Trinajstić information content (AvgIpc) is 2.48. The van der Waals surface area contributed by atoms with E-state index in [0.717, 1.165) is 0 Å². The first-order chi connectivity index (χ1) is 10.4. The number of amides is 1. The topological polar surface area (TPSA) is 82.3 Å². The largest absolute Gasteiger partial charge is 0.352 e. The number of carbonyl (C=O) groups is 1. The summed E-state index contributed by atoms with van der Waals surface area (Å²) in [5, 5.41) is 2.93. The Morgan fingerprint density at radius 2 is 2.14 bits per heavy atom. The minimum atomic E-state index is -3.15. The third-order valence-corrected chi connectivity index (χ3v) is 6.12. The van der Waals surface area contributed by atoms with E-state index in [1.807, 2.05) is 6.92 Å². The molecule has 0 saturated carbocycles. The first-order valence-corrected chi connectivity index (χ1v) is 9.42. The molecule has 1 fully saturated rings. The quantitative estimate of drug-likeness (QED) is 0.797. The molecular formula is C14H21N3O3S2. The van der Waals surface area contributed by atoms with Gasteiger partial charge in [-0.3, -0.25) is 4.79 Å². The van der Waals surface area contributed by atoms with Crippen molar-refractivity contribution in [3.05, 3.63) is 28.5 Å². The lowest BCUT2D eigenvalue weighted by Crippen LogP contribution is -2.47. The molecule has 1 aromatic rings. The van der Waals surface area contributed by atoms with Crippen LogP contribution in [0.3, 0.4) is 0 Å². The van der Waals surface area contributed by atoms with Crippen LogP contribution in [0.1, 0.15) is 36.5 Å². The predicted octanol–water partition coefficient (Wildman–Crippen LogP) is 1.68. The summed E-state index contributed by atoms with van der Waals surface area (Å²) in [5.74, 6) is -0.0277. The van der Waals surface area contributed by atoms with E-state index >= 15 is 0 Å². The molecule has 22 heavy (non-hydrogen) atoms. The highest BCUT2D eigenvalue weighted by Crippen LogP contribution is 2.15. The molecule has 0 unspecified atom stereocenters. The lowest BCUT2D eigenvalue weighted by Gasteiger charge is -2.31. The Morgan fingerprint density at radius 1 is 1.45 bits per heavy atom. The van der Waals surface area contributed by atoms with E-state index in [4.69, 9.17) is 12.2 Å². The highest BCUT2D eigenvalue weighted by Gasteiger charge is 2.28. The van der Waals surface area contributed by atoms with Crippen molar-refractivity contribution in [1.29, 1.82) is 0 Å². The Labute approximate surface area is 136 Å². The number of aromatic amines is 1. The summed E-state index contributed by atoms with van der Waals surface area (Å²) >= 11 is 5.09. The van der Waals surface area contributed by atoms with E-state index in [9.17, 15) is 13.2 Å². The molecule has 6 nitrogen and oxygen atoms in total. The number of pyridine rings is 1. The molecular weight excluding hydrogens is 322 g/mol. The molecule has 1 aliphatic rings. The smallest absolute Gasteiger partial charge is 0.254 e. The van der Waals surface area contributed by atoms with Crippen molar-refractivity contribution in [3.63, 3.8) is 0 Å². The Hall–Kier alpha value is -1.25. The molecule has 1 aliphatic heterocycles. The Morgan fingerprint density at radius 3 is 2.73 bits per heavy atom. The highest BCUT2D eigenvalue weighted by atomic mass is 32.2. The van der Waals surface area contributed by atoms with E-state index in [1.165, 1.54) is 4.31 Å². The molecule has 2 N–H and O–H groups in total. The maximum absolute atomic E-state index is 12.2. The summed E-state index contributed by atoms with van der Waals surface area (Å²) in [6.07, 6.45) is 3.54. The molecule has 1 aromatic heterocycles. The second-order valence-electron chi connectivity index (χ2n) is 5.38.